The normalized spacial score (nSPS) is 15.7. The number of carbonyl (C=O) groups is 1. The summed E-state index contributed by atoms with van der Waals surface area (Å²) in [5.41, 5.74) is 2.09. The first-order chi connectivity index (χ1) is 13.6. The Morgan fingerprint density at radius 2 is 1.79 bits per heavy atom. The Morgan fingerprint density at radius 1 is 1.07 bits per heavy atom. The number of anilines is 3. The molecule has 1 amide bonds. The molecule has 0 aliphatic carbocycles. The van der Waals surface area contributed by atoms with Crippen molar-refractivity contribution in [3.05, 3.63) is 78.1 Å². The maximum atomic E-state index is 14.5. The van der Waals surface area contributed by atoms with E-state index in [4.69, 9.17) is 4.74 Å². The van der Waals surface area contributed by atoms with E-state index < -0.39 is 11.9 Å². The third-order valence-electron chi connectivity index (χ3n) is 4.62. The summed E-state index contributed by atoms with van der Waals surface area (Å²) in [6, 6.07) is 17.5. The SMILES string of the molecule is CCOc1cc(C2Nc3ccccc3N(c3ccccc3F)C2=O)ccc1O. The lowest BCUT2D eigenvalue weighted by molar-refractivity contribution is -0.119. The zero-order chi connectivity index (χ0) is 19.7. The zero-order valence-electron chi connectivity index (χ0n) is 15.2. The monoisotopic (exact) mass is 378 g/mol. The molecule has 1 aliphatic heterocycles. The van der Waals surface area contributed by atoms with Gasteiger partial charge in [0.25, 0.3) is 5.91 Å². The largest absolute Gasteiger partial charge is 0.504 e. The Labute approximate surface area is 162 Å². The molecule has 142 valence electrons. The van der Waals surface area contributed by atoms with E-state index in [1.807, 2.05) is 19.1 Å². The van der Waals surface area contributed by atoms with Gasteiger partial charge in [0.2, 0.25) is 0 Å². The van der Waals surface area contributed by atoms with Crippen molar-refractivity contribution in [2.75, 3.05) is 16.8 Å². The number of phenols is 1. The fourth-order valence-electron chi connectivity index (χ4n) is 3.34. The minimum atomic E-state index is -0.755. The maximum Gasteiger partial charge on any atom is 0.258 e. The molecule has 0 saturated heterocycles. The van der Waals surface area contributed by atoms with Crippen LogP contribution in [0.2, 0.25) is 0 Å². The molecule has 5 nitrogen and oxygen atoms in total. The molecule has 1 unspecified atom stereocenters. The van der Waals surface area contributed by atoms with Crippen molar-refractivity contribution >= 4 is 23.0 Å². The Balaban J connectivity index is 1.83. The molecular formula is C22H19FN2O3. The lowest BCUT2D eigenvalue weighted by Crippen LogP contribution is -2.39. The van der Waals surface area contributed by atoms with Crippen molar-refractivity contribution in [1.29, 1.82) is 0 Å². The molecule has 1 aliphatic rings. The van der Waals surface area contributed by atoms with E-state index >= 15 is 0 Å². The first-order valence-corrected chi connectivity index (χ1v) is 9.00. The first-order valence-electron chi connectivity index (χ1n) is 9.00. The van der Waals surface area contributed by atoms with Gasteiger partial charge < -0.3 is 15.2 Å². The molecule has 3 aromatic rings. The van der Waals surface area contributed by atoms with Crippen LogP contribution in [-0.4, -0.2) is 17.6 Å². The topological polar surface area (TPSA) is 61.8 Å². The third-order valence-corrected chi connectivity index (χ3v) is 4.62. The van der Waals surface area contributed by atoms with E-state index in [0.29, 0.717) is 29.3 Å². The number of para-hydroxylation sites is 3. The van der Waals surface area contributed by atoms with Crippen molar-refractivity contribution < 1.29 is 19.0 Å². The van der Waals surface area contributed by atoms with E-state index in [2.05, 4.69) is 5.32 Å². The lowest BCUT2D eigenvalue weighted by atomic mass is 10.00. The van der Waals surface area contributed by atoms with Crippen LogP contribution in [0.5, 0.6) is 11.5 Å². The van der Waals surface area contributed by atoms with Gasteiger partial charge in [-0.15, -0.1) is 0 Å². The van der Waals surface area contributed by atoms with Crippen LogP contribution in [0, 0.1) is 5.82 Å². The molecule has 6 heteroatoms. The Kier molecular flexibility index (Phi) is 4.61. The van der Waals surface area contributed by atoms with Gasteiger partial charge in [-0.05, 0) is 48.9 Å². The quantitative estimate of drug-likeness (QED) is 0.687. The second-order valence-electron chi connectivity index (χ2n) is 6.38. The van der Waals surface area contributed by atoms with E-state index in [1.165, 1.54) is 17.0 Å². The molecule has 28 heavy (non-hydrogen) atoms. The molecule has 3 aromatic carbocycles. The number of nitrogens with zero attached hydrogens (tertiary/aromatic N) is 1. The number of fused-ring (bicyclic) bond motifs is 1. The number of ether oxygens (including phenoxy) is 1. The zero-order valence-corrected chi connectivity index (χ0v) is 15.2. The molecule has 1 heterocycles. The molecular weight excluding hydrogens is 359 g/mol. The van der Waals surface area contributed by atoms with Gasteiger partial charge in [0.1, 0.15) is 11.9 Å². The van der Waals surface area contributed by atoms with E-state index in [9.17, 15) is 14.3 Å². The number of carbonyl (C=O) groups excluding carboxylic acids is 1. The van der Waals surface area contributed by atoms with Gasteiger partial charge in [-0.3, -0.25) is 9.69 Å². The summed E-state index contributed by atoms with van der Waals surface area (Å²) in [6.45, 7) is 2.19. The highest BCUT2D eigenvalue weighted by Gasteiger charge is 2.35. The highest BCUT2D eigenvalue weighted by atomic mass is 19.1. The number of halogens is 1. The number of amides is 1. The standard InChI is InChI=1S/C22H19FN2O3/c1-2-28-20-13-14(11-12-19(20)26)21-22(27)25(17-9-5-3-7-15(17)23)18-10-6-4-8-16(18)24-21/h3-13,21,24,26H,2H2,1H3. The van der Waals surface area contributed by atoms with Crippen molar-refractivity contribution in [2.24, 2.45) is 0 Å². The average molecular weight is 378 g/mol. The number of benzene rings is 3. The molecule has 0 bridgehead atoms. The molecule has 0 spiro atoms. The van der Waals surface area contributed by atoms with Gasteiger partial charge in [0.15, 0.2) is 11.5 Å². The predicted octanol–water partition coefficient (Wildman–Crippen LogP) is 4.76. The molecule has 2 N–H and O–H groups in total. The minimum Gasteiger partial charge on any atom is -0.504 e. The minimum absolute atomic E-state index is 0.000202. The van der Waals surface area contributed by atoms with Crippen LogP contribution < -0.4 is 15.0 Å². The number of rotatable bonds is 4. The van der Waals surface area contributed by atoms with Gasteiger partial charge in [0, 0.05) is 0 Å². The molecule has 0 radical (unpaired) electrons. The van der Waals surface area contributed by atoms with Crippen LogP contribution in [0.15, 0.2) is 66.7 Å². The van der Waals surface area contributed by atoms with Gasteiger partial charge >= 0.3 is 0 Å². The Hall–Kier alpha value is -3.54. The number of phenolic OH excluding ortho intramolecular Hbond substituents is 1. The third kappa shape index (κ3) is 3.03. The Bertz CT molecular complexity index is 1040. The fourth-order valence-corrected chi connectivity index (χ4v) is 3.34. The number of nitrogens with one attached hydrogen (secondary N) is 1. The molecule has 4 rings (SSSR count). The molecule has 1 atom stereocenters. The lowest BCUT2D eigenvalue weighted by Gasteiger charge is -2.35. The number of aromatic hydroxyl groups is 1. The fraction of sp³-hybridized carbons (Fsp3) is 0.136. The van der Waals surface area contributed by atoms with Crippen molar-refractivity contribution in [2.45, 2.75) is 13.0 Å². The van der Waals surface area contributed by atoms with Crippen molar-refractivity contribution in [1.82, 2.24) is 0 Å². The van der Waals surface area contributed by atoms with Crippen LogP contribution in [0.25, 0.3) is 0 Å². The summed E-state index contributed by atoms with van der Waals surface area (Å²) in [7, 11) is 0. The van der Waals surface area contributed by atoms with Crippen LogP contribution in [-0.2, 0) is 4.79 Å². The second-order valence-corrected chi connectivity index (χ2v) is 6.38. The smallest absolute Gasteiger partial charge is 0.258 e. The summed E-state index contributed by atoms with van der Waals surface area (Å²) in [5, 5.41) is 13.2. The molecule has 0 fully saturated rings. The summed E-state index contributed by atoms with van der Waals surface area (Å²) in [6.07, 6.45) is 0. The van der Waals surface area contributed by atoms with Crippen LogP contribution in [0.4, 0.5) is 21.5 Å². The average Bonchev–Trinajstić information content (AvgIpc) is 2.70. The van der Waals surface area contributed by atoms with Gasteiger partial charge in [0.05, 0.1) is 23.7 Å². The Morgan fingerprint density at radius 3 is 2.54 bits per heavy atom. The first kappa shape index (κ1) is 17.9. The highest BCUT2D eigenvalue weighted by molar-refractivity contribution is 6.10. The van der Waals surface area contributed by atoms with Gasteiger partial charge in [-0.2, -0.15) is 0 Å². The van der Waals surface area contributed by atoms with Crippen LogP contribution in [0.1, 0.15) is 18.5 Å². The second kappa shape index (κ2) is 7.23. The summed E-state index contributed by atoms with van der Waals surface area (Å²) in [4.78, 5) is 14.8. The summed E-state index contributed by atoms with van der Waals surface area (Å²) >= 11 is 0. The van der Waals surface area contributed by atoms with E-state index in [0.717, 1.165) is 0 Å². The summed E-state index contributed by atoms with van der Waals surface area (Å²) in [5.74, 6) is -0.505. The maximum absolute atomic E-state index is 14.5. The van der Waals surface area contributed by atoms with Gasteiger partial charge in [-0.1, -0.05) is 30.3 Å². The molecule has 0 saturated carbocycles. The number of hydrogen-bond acceptors (Lipinski definition) is 4. The highest BCUT2D eigenvalue weighted by Crippen LogP contribution is 2.42. The van der Waals surface area contributed by atoms with E-state index in [1.54, 1.807) is 42.5 Å². The van der Waals surface area contributed by atoms with Crippen molar-refractivity contribution in [3.63, 3.8) is 0 Å². The van der Waals surface area contributed by atoms with Crippen molar-refractivity contribution in [3.8, 4) is 11.5 Å². The van der Waals surface area contributed by atoms with Crippen LogP contribution in [0.3, 0.4) is 0 Å². The van der Waals surface area contributed by atoms with E-state index in [-0.39, 0.29) is 17.3 Å². The molecule has 0 aromatic heterocycles. The summed E-state index contributed by atoms with van der Waals surface area (Å²) < 4.78 is 20.0. The van der Waals surface area contributed by atoms with Crippen LogP contribution >= 0.6 is 0 Å². The predicted molar refractivity (Wildman–Crippen MR) is 106 cm³/mol. The van der Waals surface area contributed by atoms with Gasteiger partial charge in [-0.25, -0.2) is 4.39 Å². The number of hydrogen-bond donors (Lipinski definition) is 2.